The summed E-state index contributed by atoms with van der Waals surface area (Å²) in [7, 11) is 2.06. The molecule has 0 saturated heterocycles. The number of hydrogen-bond donors (Lipinski definition) is 1. The van der Waals surface area contributed by atoms with Crippen molar-refractivity contribution >= 4 is 0 Å². The van der Waals surface area contributed by atoms with Crippen LogP contribution in [0.25, 0.3) is 0 Å². The Morgan fingerprint density at radius 2 is 1.79 bits per heavy atom. The summed E-state index contributed by atoms with van der Waals surface area (Å²) >= 11 is 0. The molecule has 0 aliphatic heterocycles. The van der Waals surface area contributed by atoms with Crippen LogP contribution < -0.4 is 5.32 Å². The van der Waals surface area contributed by atoms with Crippen molar-refractivity contribution in [3.05, 3.63) is 0 Å². The monoisotopic (exact) mass is 199 g/mol. The molecule has 0 amide bonds. The van der Waals surface area contributed by atoms with Gasteiger partial charge in [0, 0.05) is 6.54 Å². The van der Waals surface area contributed by atoms with Gasteiger partial charge in [0.2, 0.25) is 0 Å². The summed E-state index contributed by atoms with van der Waals surface area (Å²) in [6.07, 6.45) is 6.90. The molecule has 0 aromatic rings. The second-order valence-corrected chi connectivity index (χ2v) is 5.15. The van der Waals surface area contributed by atoms with E-state index in [0.717, 1.165) is 12.5 Å². The summed E-state index contributed by atoms with van der Waals surface area (Å²) in [6, 6.07) is 0. The van der Waals surface area contributed by atoms with E-state index >= 15 is 0 Å². The summed E-state index contributed by atoms with van der Waals surface area (Å²) in [5.41, 5.74) is 0.489. The Kier molecular flexibility index (Phi) is 7.26. The lowest BCUT2D eigenvalue weighted by Crippen LogP contribution is -2.34. The highest BCUT2D eigenvalue weighted by atomic mass is 14.8. The van der Waals surface area contributed by atoms with E-state index in [0.29, 0.717) is 5.41 Å². The largest absolute Gasteiger partial charge is 0.319 e. The van der Waals surface area contributed by atoms with Crippen LogP contribution >= 0.6 is 0 Å². The lowest BCUT2D eigenvalue weighted by Gasteiger charge is -2.34. The van der Waals surface area contributed by atoms with Crippen molar-refractivity contribution in [3.8, 4) is 0 Å². The molecule has 1 unspecified atom stereocenters. The highest BCUT2D eigenvalue weighted by Crippen LogP contribution is 2.32. The van der Waals surface area contributed by atoms with E-state index in [2.05, 4.69) is 40.1 Å². The molecular weight excluding hydrogens is 170 g/mol. The maximum atomic E-state index is 3.33. The van der Waals surface area contributed by atoms with Crippen LogP contribution in [0.15, 0.2) is 0 Å². The number of nitrogens with one attached hydrogen (secondary N) is 1. The highest BCUT2D eigenvalue weighted by Gasteiger charge is 2.26. The zero-order valence-electron chi connectivity index (χ0n) is 10.8. The van der Waals surface area contributed by atoms with Crippen LogP contribution in [0, 0.1) is 11.3 Å². The molecule has 1 N–H and O–H groups in total. The van der Waals surface area contributed by atoms with Crippen molar-refractivity contribution < 1.29 is 0 Å². The Balaban J connectivity index is 3.84. The zero-order valence-corrected chi connectivity index (χ0v) is 10.8. The van der Waals surface area contributed by atoms with Crippen LogP contribution in [0.2, 0.25) is 0 Å². The van der Waals surface area contributed by atoms with Gasteiger partial charge in [-0.1, -0.05) is 53.4 Å². The molecule has 0 fully saturated rings. The van der Waals surface area contributed by atoms with Gasteiger partial charge in [0.05, 0.1) is 0 Å². The van der Waals surface area contributed by atoms with Crippen LogP contribution in [0.4, 0.5) is 0 Å². The number of hydrogen-bond acceptors (Lipinski definition) is 1. The van der Waals surface area contributed by atoms with Gasteiger partial charge in [-0.15, -0.1) is 0 Å². The molecule has 0 aliphatic carbocycles. The van der Waals surface area contributed by atoms with Crippen LogP contribution in [0.3, 0.4) is 0 Å². The molecule has 0 spiro atoms. The molecule has 0 radical (unpaired) electrons. The molecular formula is C13H29N. The molecule has 0 aromatic carbocycles. The van der Waals surface area contributed by atoms with Crippen molar-refractivity contribution in [1.82, 2.24) is 5.32 Å². The van der Waals surface area contributed by atoms with Gasteiger partial charge in [-0.2, -0.15) is 0 Å². The first kappa shape index (κ1) is 14.0. The van der Waals surface area contributed by atoms with Crippen molar-refractivity contribution in [1.29, 1.82) is 0 Å². The van der Waals surface area contributed by atoms with Gasteiger partial charge in [0.15, 0.2) is 0 Å². The second-order valence-electron chi connectivity index (χ2n) is 5.15. The van der Waals surface area contributed by atoms with Crippen LogP contribution in [-0.4, -0.2) is 13.6 Å². The average molecular weight is 199 g/mol. The topological polar surface area (TPSA) is 12.0 Å². The smallest absolute Gasteiger partial charge is 0.000461 e. The lowest BCUT2D eigenvalue weighted by molar-refractivity contribution is 0.189. The van der Waals surface area contributed by atoms with E-state index in [4.69, 9.17) is 0 Å². The summed E-state index contributed by atoms with van der Waals surface area (Å²) in [4.78, 5) is 0. The normalized spacial score (nSPS) is 15.9. The molecule has 86 valence electrons. The molecule has 0 bridgehead atoms. The standard InChI is InChI=1S/C13H29N/c1-6-7-8-9-10-13(4,11-14-5)12(2)3/h12,14H,6-11H2,1-5H3. The lowest BCUT2D eigenvalue weighted by atomic mass is 9.75. The van der Waals surface area contributed by atoms with Gasteiger partial charge >= 0.3 is 0 Å². The fourth-order valence-electron chi connectivity index (χ4n) is 1.94. The zero-order chi connectivity index (χ0) is 11.0. The first-order valence-electron chi connectivity index (χ1n) is 6.21. The SMILES string of the molecule is CCCCCCC(C)(CNC)C(C)C. The Morgan fingerprint density at radius 1 is 1.14 bits per heavy atom. The molecule has 0 aliphatic rings. The molecule has 0 rings (SSSR count). The number of unbranched alkanes of at least 4 members (excludes halogenated alkanes) is 3. The Hall–Kier alpha value is -0.0400. The van der Waals surface area contributed by atoms with Gasteiger partial charge < -0.3 is 5.32 Å². The van der Waals surface area contributed by atoms with E-state index in [1.54, 1.807) is 0 Å². The quantitative estimate of drug-likeness (QED) is 0.586. The molecule has 14 heavy (non-hydrogen) atoms. The van der Waals surface area contributed by atoms with Crippen molar-refractivity contribution in [2.24, 2.45) is 11.3 Å². The van der Waals surface area contributed by atoms with Crippen molar-refractivity contribution in [2.45, 2.75) is 59.8 Å². The van der Waals surface area contributed by atoms with E-state index in [9.17, 15) is 0 Å². The molecule has 0 saturated carbocycles. The summed E-state index contributed by atoms with van der Waals surface area (Å²) in [5.74, 6) is 0.775. The average Bonchev–Trinajstić information content (AvgIpc) is 2.13. The van der Waals surface area contributed by atoms with Gasteiger partial charge in [0.1, 0.15) is 0 Å². The summed E-state index contributed by atoms with van der Waals surface area (Å²) in [5, 5.41) is 3.33. The predicted octanol–water partition coefficient (Wildman–Crippen LogP) is 3.84. The Bertz CT molecular complexity index is 131. The van der Waals surface area contributed by atoms with Crippen molar-refractivity contribution in [2.75, 3.05) is 13.6 Å². The van der Waals surface area contributed by atoms with Gasteiger partial charge in [-0.25, -0.2) is 0 Å². The maximum absolute atomic E-state index is 3.33. The molecule has 1 heteroatoms. The van der Waals surface area contributed by atoms with E-state index in [1.165, 1.54) is 32.1 Å². The van der Waals surface area contributed by atoms with Crippen molar-refractivity contribution in [3.63, 3.8) is 0 Å². The van der Waals surface area contributed by atoms with Crippen LogP contribution in [0.5, 0.6) is 0 Å². The molecule has 0 aromatic heterocycles. The van der Waals surface area contributed by atoms with E-state index in [1.807, 2.05) is 0 Å². The molecule has 1 nitrogen and oxygen atoms in total. The van der Waals surface area contributed by atoms with E-state index in [-0.39, 0.29) is 0 Å². The molecule has 0 heterocycles. The van der Waals surface area contributed by atoms with Gasteiger partial charge in [0.25, 0.3) is 0 Å². The Morgan fingerprint density at radius 3 is 2.21 bits per heavy atom. The summed E-state index contributed by atoms with van der Waals surface area (Å²) < 4.78 is 0. The van der Waals surface area contributed by atoms with Gasteiger partial charge in [-0.3, -0.25) is 0 Å². The summed E-state index contributed by atoms with van der Waals surface area (Å²) in [6.45, 7) is 10.5. The Labute approximate surface area is 90.7 Å². The van der Waals surface area contributed by atoms with Gasteiger partial charge in [-0.05, 0) is 24.8 Å². The number of rotatable bonds is 8. The first-order chi connectivity index (χ1) is 6.56. The van der Waals surface area contributed by atoms with E-state index < -0.39 is 0 Å². The third-order valence-electron chi connectivity index (χ3n) is 3.58. The minimum Gasteiger partial charge on any atom is -0.319 e. The predicted molar refractivity (Wildman–Crippen MR) is 65.6 cm³/mol. The third-order valence-corrected chi connectivity index (χ3v) is 3.58. The maximum Gasteiger partial charge on any atom is 0.000461 e. The highest BCUT2D eigenvalue weighted by molar-refractivity contribution is 4.79. The second kappa shape index (κ2) is 7.28. The van der Waals surface area contributed by atoms with Crippen LogP contribution in [0.1, 0.15) is 59.8 Å². The first-order valence-corrected chi connectivity index (χ1v) is 6.21. The van der Waals surface area contributed by atoms with Crippen LogP contribution in [-0.2, 0) is 0 Å². The fraction of sp³-hybridized carbons (Fsp3) is 1.00. The molecule has 1 atom stereocenters. The minimum absolute atomic E-state index is 0.489. The minimum atomic E-state index is 0.489. The fourth-order valence-corrected chi connectivity index (χ4v) is 1.94. The third kappa shape index (κ3) is 4.99.